The largest absolute Gasteiger partial charge is 0.397 e. The van der Waals surface area contributed by atoms with Crippen LogP contribution < -0.4 is 11.1 Å². The molecule has 0 radical (unpaired) electrons. The van der Waals surface area contributed by atoms with Gasteiger partial charge in [-0.2, -0.15) is 11.8 Å². The van der Waals surface area contributed by atoms with Crippen molar-refractivity contribution < 1.29 is 9.90 Å². The van der Waals surface area contributed by atoms with Gasteiger partial charge < -0.3 is 16.2 Å². The second-order valence-electron chi connectivity index (χ2n) is 4.70. The number of nitrogen functional groups attached to an aromatic ring is 1. The molecule has 0 heterocycles. The molecule has 0 saturated heterocycles. The Kier molecular flexibility index (Phi) is 7.19. The lowest BCUT2D eigenvalue weighted by molar-refractivity contribution is -0.116. The maximum Gasteiger partial charge on any atom is 0.224 e. The van der Waals surface area contributed by atoms with E-state index in [-0.39, 0.29) is 17.3 Å². The van der Waals surface area contributed by atoms with E-state index in [9.17, 15) is 9.90 Å². The van der Waals surface area contributed by atoms with E-state index in [4.69, 9.17) is 17.3 Å². The molecule has 0 bridgehead atoms. The smallest absolute Gasteiger partial charge is 0.224 e. The van der Waals surface area contributed by atoms with Gasteiger partial charge in [0.2, 0.25) is 5.91 Å². The number of carbonyl (C=O) groups is 1. The predicted molar refractivity (Wildman–Crippen MR) is 87.3 cm³/mol. The lowest BCUT2D eigenvalue weighted by Gasteiger charge is -2.13. The van der Waals surface area contributed by atoms with Crippen molar-refractivity contribution in [3.05, 3.63) is 23.2 Å². The molecule has 2 unspecified atom stereocenters. The van der Waals surface area contributed by atoms with Crippen molar-refractivity contribution in [2.45, 2.75) is 38.0 Å². The van der Waals surface area contributed by atoms with E-state index in [1.165, 1.54) is 0 Å². The molecule has 6 heteroatoms. The van der Waals surface area contributed by atoms with E-state index in [0.29, 0.717) is 22.8 Å². The van der Waals surface area contributed by atoms with Crippen molar-refractivity contribution in [3.8, 4) is 0 Å². The fourth-order valence-electron chi connectivity index (χ4n) is 1.50. The Morgan fingerprint density at radius 2 is 2.20 bits per heavy atom. The molecular weight excluding hydrogens is 296 g/mol. The van der Waals surface area contributed by atoms with E-state index >= 15 is 0 Å². The Balaban J connectivity index is 2.30. The number of carbonyl (C=O) groups excluding carboxylic acids is 1. The van der Waals surface area contributed by atoms with Crippen molar-refractivity contribution >= 4 is 40.6 Å². The van der Waals surface area contributed by atoms with Gasteiger partial charge in [-0.3, -0.25) is 4.79 Å². The van der Waals surface area contributed by atoms with Gasteiger partial charge >= 0.3 is 0 Å². The molecule has 0 aliphatic rings. The SMILES string of the molecule is CC(O)C(C)SCCCC(=O)Nc1ccc(Cl)cc1N. The molecule has 0 aromatic heterocycles. The van der Waals surface area contributed by atoms with Crippen LogP contribution in [0.5, 0.6) is 0 Å². The van der Waals surface area contributed by atoms with E-state index in [0.717, 1.165) is 12.2 Å². The number of thioether (sulfide) groups is 1. The van der Waals surface area contributed by atoms with Crippen molar-refractivity contribution in [1.82, 2.24) is 0 Å². The van der Waals surface area contributed by atoms with Crippen LogP contribution in [0.3, 0.4) is 0 Å². The molecule has 4 N–H and O–H groups in total. The number of nitrogens with one attached hydrogen (secondary N) is 1. The Morgan fingerprint density at radius 1 is 1.50 bits per heavy atom. The summed E-state index contributed by atoms with van der Waals surface area (Å²) in [6, 6.07) is 4.99. The lowest BCUT2D eigenvalue weighted by Crippen LogP contribution is -2.16. The third-order valence-corrected chi connectivity index (χ3v) is 4.58. The molecule has 20 heavy (non-hydrogen) atoms. The highest BCUT2D eigenvalue weighted by Gasteiger charge is 2.10. The number of benzene rings is 1. The maximum absolute atomic E-state index is 11.8. The number of halogens is 1. The molecule has 112 valence electrons. The van der Waals surface area contributed by atoms with Gasteiger partial charge in [-0.1, -0.05) is 18.5 Å². The fraction of sp³-hybridized carbons (Fsp3) is 0.500. The molecule has 1 aromatic carbocycles. The molecule has 1 amide bonds. The zero-order chi connectivity index (χ0) is 15.1. The Labute approximate surface area is 129 Å². The van der Waals surface area contributed by atoms with Gasteiger partial charge in [-0.25, -0.2) is 0 Å². The van der Waals surface area contributed by atoms with Crippen LogP contribution in [0.2, 0.25) is 5.02 Å². The van der Waals surface area contributed by atoms with Crippen molar-refractivity contribution in [3.63, 3.8) is 0 Å². The summed E-state index contributed by atoms with van der Waals surface area (Å²) >= 11 is 7.46. The quantitative estimate of drug-likeness (QED) is 0.533. The molecule has 4 nitrogen and oxygen atoms in total. The first-order valence-corrected chi connectivity index (χ1v) is 7.97. The van der Waals surface area contributed by atoms with E-state index in [1.54, 1.807) is 36.9 Å². The number of amides is 1. The zero-order valence-corrected chi connectivity index (χ0v) is 13.3. The van der Waals surface area contributed by atoms with Crippen LogP contribution in [0.4, 0.5) is 11.4 Å². The summed E-state index contributed by atoms with van der Waals surface area (Å²) in [6.45, 7) is 3.75. The summed E-state index contributed by atoms with van der Waals surface area (Å²) in [4.78, 5) is 11.8. The van der Waals surface area contributed by atoms with Crippen LogP contribution in [0.25, 0.3) is 0 Å². The highest BCUT2D eigenvalue weighted by molar-refractivity contribution is 7.99. The molecular formula is C14H21ClN2O2S. The van der Waals surface area contributed by atoms with Gasteiger partial charge in [-0.05, 0) is 37.3 Å². The number of aliphatic hydroxyl groups is 1. The Morgan fingerprint density at radius 3 is 2.80 bits per heavy atom. The number of hydrogen-bond donors (Lipinski definition) is 3. The number of rotatable bonds is 7. The summed E-state index contributed by atoms with van der Waals surface area (Å²) in [7, 11) is 0. The third kappa shape index (κ3) is 6.03. The number of nitrogens with two attached hydrogens (primary N) is 1. The van der Waals surface area contributed by atoms with Crippen molar-refractivity contribution in [1.29, 1.82) is 0 Å². The molecule has 2 atom stereocenters. The normalized spacial score (nSPS) is 13.8. The summed E-state index contributed by atoms with van der Waals surface area (Å²) in [5.41, 5.74) is 6.81. The monoisotopic (exact) mass is 316 g/mol. The highest BCUT2D eigenvalue weighted by atomic mass is 35.5. The Hall–Kier alpha value is -0.910. The van der Waals surface area contributed by atoms with Gasteiger partial charge in [-0.15, -0.1) is 0 Å². The van der Waals surface area contributed by atoms with E-state index < -0.39 is 0 Å². The minimum Gasteiger partial charge on any atom is -0.397 e. The number of aliphatic hydroxyl groups excluding tert-OH is 1. The maximum atomic E-state index is 11.8. The molecule has 0 saturated carbocycles. The predicted octanol–water partition coefficient (Wildman–Crippen LogP) is 3.14. The summed E-state index contributed by atoms with van der Waals surface area (Å²) in [5, 5.41) is 12.9. The second kappa shape index (κ2) is 8.39. The van der Waals surface area contributed by atoms with Gasteiger partial charge in [0.05, 0.1) is 17.5 Å². The van der Waals surface area contributed by atoms with Crippen molar-refractivity contribution in [2.24, 2.45) is 0 Å². The Bertz CT molecular complexity index is 455. The third-order valence-electron chi connectivity index (χ3n) is 2.90. The average Bonchev–Trinajstić information content (AvgIpc) is 2.37. The van der Waals surface area contributed by atoms with Crippen molar-refractivity contribution in [2.75, 3.05) is 16.8 Å². The van der Waals surface area contributed by atoms with Gasteiger partial charge in [0.1, 0.15) is 0 Å². The minimum atomic E-state index is -0.331. The topological polar surface area (TPSA) is 75.3 Å². The fourth-order valence-corrected chi connectivity index (χ4v) is 2.64. The van der Waals surface area contributed by atoms with Gasteiger partial charge in [0.25, 0.3) is 0 Å². The average molecular weight is 317 g/mol. The zero-order valence-electron chi connectivity index (χ0n) is 11.7. The van der Waals surface area contributed by atoms with E-state index in [2.05, 4.69) is 5.32 Å². The summed E-state index contributed by atoms with van der Waals surface area (Å²) in [6.07, 6.45) is 0.866. The lowest BCUT2D eigenvalue weighted by atomic mass is 10.2. The molecule has 1 rings (SSSR count). The molecule has 0 fully saturated rings. The molecule has 0 aliphatic carbocycles. The number of hydrogen-bond acceptors (Lipinski definition) is 4. The first-order valence-electron chi connectivity index (χ1n) is 6.54. The summed E-state index contributed by atoms with van der Waals surface area (Å²) in [5.74, 6) is 0.777. The van der Waals surface area contributed by atoms with Crippen LogP contribution >= 0.6 is 23.4 Å². The molecule has 0 spiro atoms. The summed E-state index contributed by atoms with van der Waals surface area (Å²) < 4.78 is 0. The molecule has 1 aromatic rings. The number of anilines is 2. The minimum absolute atomic E-state index is 0.0654. The molecule has 0 aliphatic heterocycles. The first-order chi connectivity index (χ1) is 9.40. The van der Waals surface area contributed by atoms with Crippen LogP contribution in [-0.4, -0.2) is 28.1 Å². The van der Waals surface area contributed by atoms with Crippen LogP contribution in [0.15, 0.2) is 18.2 Å². The second-order valence-corrected chi connectivity index (χ2v) is 6.62. The highest BCUT2D eigenvalue weighted by Crippen LogP contribution is 2.23. The van der Waals surface area contributed by atoms with E-state index in [1.807, 2.05) is 6.92 Å². The van der Waals surface area contributed by atoms with Crippen LogP contribution in [0.1, 0.15) is 26.7 Å². The first kappa shape index (κ1) is 17.1. The van der Waals surface area contributed by atoms with Gasteiger partial charge in [0, 0.05) is 16.7 Å². The van der Waals surface area contributed by atoms with Crippen LogP contribution in [-0.2, 0) is 4.79 Å². The van der Waals surface area contributed by atoms with Crippen LogP contribution in [0, 0.1) is 0 Å². The standard InChI is InChI=1S/C14H21ClN2O2S/c1-9(18)10(2)20-7-3-4-14(19)17-13-6-5-11(15)8-12(13)16/h5-6,8-10,18H,3-4,7,16H2,1-2H3,(H,17,19). The van der Waals surface area contributed by atoms with Gasteiger partial charge in [0.15, 0.2) is 0 Å².